The average molecular weight is 302 g/mol. The first-order valence-corrected chi connectivity index (χ1v) is 5.94. The number of rotatable bonds is 4. The zero-order valence-corrected chi connectivity index (χ0v) is 11.0. The number of carbonyl (C=O) groups is 2. The van der Waals surface area contributed by atoms with Gasteiger partial charge >= 0.3 is 11.9 Å². The van der Waals surface area contributed by atoms with Gasteiger partial charge in [0.1, 0.15) is 11.1 Å². The Hall–Kier alpha value is -3.42. The maximum Gasteiger partial charge on any atom is 0.339 e. The third-order valence-electron chi connectivity index (χ3n) is 2.95. The molecular formula is C14H10N2O6. The summed E-state index contributed by atoms with van der Waals surface area (Å²) in [5.41, 5.74) is 8.54. The highest BCUT2D eigenvalue weighted by molar-refractivity contribution is 5.94. The molecule has 0 saturated carbocycles. The number of carboxylic acids is 2. The second-order valence-corrected chi connectivity index (χ2v) is 4.27. The van der Waals surface area contributed by atoms with E-state index in [-0.39, 0.29) is 11.4 Å². The van der Waals surface area contributed by atoms with Crippen LogP contribution in [0.25, 0.3) is 5.53 Å². The van der Waals surface area contributed by atoms with Crippen molar-refractivity contribution in [1.82, 2.24) is 4.70 Å². The van der Waals surface area contributed by atoms with Gasteiger partial charge in [-0.05, 0) is 12.1 Å². The summed E-state index contributed by atoms with van der Waals surface area (Å²) in [6.07, 6.45) is 0. The van der Waals surface area contributed by atoms with Crippen LogP contribution in [0, 0.1) is 0 Å². The van der Waals surface area contributed by atoms with E-state index < -0.39 is 34.6 Å². The summed E-state index contributed by atoms with van der Waals surface area (Å²) in [5, 5.41) is 37.6. The Bertz CT molecular complexity index is 734. The van der Waals surface area contributed by atoms with Crippen LogP contribution in [0.5, 0.6) is 11.5 Å². The third-order valence-corrected chi connectivity index (χ3v) is 2.95. The summed E-state index contributed by atoms with van der Waals surface area (Å²) in [6, 6.07) is 7.22. The molecule has 0 bridgehead atoms. The Labute approximate surface area is 123 Å². The minimum absolute atomic E-state index is 0.309. The highest BCUT2D eigenvalue weighted by Gasteiger charge is 2.24. The van der Waals surface area contributed by atoms with E-state index in [1.165, 1.54) is 24.3 Å². The molecule has 0 fully saturated rings. The van der Waals surface area contributed by atoms with E-state index in [2.05, 4.69) is 0 Å². The Balaban J connectivity index is 2.59. The van der Waals surface area contributed by atoms with Gasteiger partial charge in [-0.1, -0.05) is 12.1 Å². The van der Waals surface area contributed by atoms with Crippen molar-refractivity contribution in [2.24, 2.45) is 0 Å². The molecule has 8 heteroatoms. The van der Waals surface area contributed by atoms with Crippen LogP contribution in [-0.4, -0.2) is 32.4 Å². The first-order chi connectivity index (χ1) is 10.3. The fourth-order valence-corrected chi connectivity index (χ4v) is 1.88. The minimum atomic E-state index is -1.41. The first kappa shape index (κ1) is 15.0. The molecule has 2 aromatic rings. The van der Waals surface area contributed by atoms with Crippen LogP contribution < -0.4 is 4.70 Å². The molecule has 8 nitrogen and oxygen atoms in total. The Morgan fingerprint density at radius 1 is 0.818 bits per heavy atom. The highest BCUT2D eigenvalue weighted by atomic mass is 16.4. The molecule has 0 aromatic heterocycles. The SMILES string of the molecule is [N-]=[N+](c1cccc(C(=O)O)c1O)c1cccc(C(=O)O)c1O. The lowest BCUT2D eigenvalue weighted by atomic mass is 10.1. The van der Waals surface area contributed by atoms with Gasteiger partial charge in [-0.2, -0.15) is 0 Å². The molecule has 0 saturated heterocycles. The van der Waals surface area contributed by atoms with E-state index in [4.69, 9.17) is 10.2 Å². The molecule has 0 spiro atoms. The number of para-hydroxylation sites is 2. The van der Waals surface area contributed by atoms with E-state index in [0.717, 1.165) is 12.1 Å². The van der Waals surface area contributed by atoms with Crippen molar-refractivity contribution >= 4 is 23.3 Å². The zero-order chi connectivity index (χ0) is 16.4. The van der Waals surface area contributed by atoms with Gasteiger partial charge in [-0.15, -0.1) is 0 Å². The van der Waals surface area contributed by atoms with Crippen LogP contribution in [0.3, 0.4) is 0 Å². The van der Waals surface area contributed by atoms with Crippen molar-refractivity contribution in [3.8, 4) is 11.5 Å². The molecule has 112 valence electrons. The lowest BCUT2D eigenvalue weighted by Crippen LogP contribution is -2.04. The van der Waals surface area contributed by atoms with Crippen molar-refractivity contribution in [3.05, 3.63) is 53.1 Å². The maximum atomic E-state index is 11.0. The molecule has 0 aliphatic carbocycles. The van der Waals surface area contributed by atoms with Crippen LogP contribution in [0.1, 0.15) is 20.7 Å². The first-order valence-electron chi connectivity index (χ1n) is 5.94. The lowest BCUT2D eigenvalue weighted by Gasteiger charge is -2.10. The van der Waals surface area contributed by atoms with E-state index in [0.29, 0.717) is 4.70 Å². The van der Waals surface area contributed by atoms with Crippen molar-refractivity contribution in [2.45, 2.75) is 0 Å². The minimum Gasteiger partial charge on any atom is -0.502 e. The van der Waals surface area contributed by atoms with Crippen LogP contribution in [0.4, 0.5) is 11.4 Å². The second-order valence-electron chi connectivity index (χ2n) is 4.27. The highest BCUT2D eigenvalue weighted by Crippen LogP contribution is 2.37. The monoisotopic (exact) mass is 302 g/mol. The van der Waals surface area contributed by atoms with Gasteiger partial charge in [0.25, 0.3) is 0 Å². The fraction of sp³-hybridized carbons (Fsp3) is 0. The summed E-state index contributed by atoms with van der Waals surface area (Å²) < 4.78 is 0.309. The molecule has 2 aromatic carbocycles. The van der Waals surface area contributed by atoms with Crippen molar-refractivity contribution in [1.29, 1.82) is 0 Å². The topological polar surface area (TPSA) is 140 Å². The number of aromatic hydroxyl groups is 2. The Kier molecular flexibility index (Phi) is 3.76. The Morgan fingerprint density at radius 3 is 1.50 bits per heavy atom. The van der Waals surface area contributed by atoms with E-state index in [9.17, 15) is 25.3 Å². The molecule has 0 aliphatic rings. The average Bonchev–Trinajstić information content (AvgIpc) is 2.46. The van der Waals surface area contributed by atoms with Crippen molar-refractivity contribution in [2.75, 3.05) is 0 Å². The number of benzene rings is 2. The van der Waals surface area contributed by atoms with Gasteiger partial charge in [0.15, 0.2) is 0 Å². The van der Waals surface area contributed by atoms with E-state index in [1.807, 2.05) is 0 Å². The molecular weight excluding hydrogens is 292 g/mol. The van der Waals surface area contributed by atoms with Gasteiger partial charge in [-0.3, -0.25) is 0 Å². The summed E-state index contributed by atoms with van der Waals surface area (Å²) in [6.45, 7) is 0. The molecule has 0 atom stereocenters. The maximum absolute atomic E-state index is 11.0. The normalized spacial score (nSPS) is 10.2. The molecule has 2 rings (SSSR count). The number of hydrogen-bond acceptors (Lipinski definition) is 4. The molecule has 4 N–H and O–H groups in total. The molecule has 0 aliphatic heterocycles. The second kappa shape index (κ2) is 5.52. The fourth-order valence-electron chi connectivity index (χ4n) is 1.88. The molecule has 0 heterocycles. The van der Waals surface area contributed by atoms with Crippen molar-refractivity contribution < 1.29 is 30.0 Å². The largest absolute Gasteiger partial charge is 0.502 e. The standard InChI is InChI=1S/C14H10N2O6/c15-16(9-5-1-3-7(11(9)17)13(19)20)10-6-2-4-8(12(10)18)14(21)22/h1-6,17-18H,(H,19,20)(H,21,22). The summed E-state index contributed by atoms with van der Waals surface area (Å²) >= 11 is 0. The summed E-state index contributed by atoms with van der Waals surface area (Å²) in [7, 11) is 0. The van der Waals surface area contributed by atoms with Gasteiger partial charge in [0.05, 0.1) is 0 Å². The van der Waals surface area contributed by atoms with E-state index >= 15 is 0 Å². The lowest BCUT2D eigenvalue weighted by molar-refractivity contribution is 0.0682. The number of aromatic carboxylic acids is 2. The third kappa shape index (κ3) is 2.44. The quantitative estimate of drug-likeness (QED) is 0.504. The Morgan fingerprint density at radius 2 is 1.18 bits per heavy atom. The van der Waals surface area contributed by atoms with Crippen LogP contribution in [0.15, 0.2) is 36.4 Å². The smallest absolute Gasteiger partial charge is 0.339 e. The van der Waals surface area contributed by atoms with Gasteiger partial charge in [-0.25, -0.2) is 14.3 Å². The predicted molar refractivity (Wildman–Crippen MR) is 74.9 cm³/mol. The van der Waals surface area contributed by atoms with Gasteiger partial charge in [0.2, 0.25) is 22.9 Å². The van der Waals surface area contributed by atoms with Gasteiger partial charge in [0, 0.05) is 12.1 Å². The molecule has 0 radical (unpaired) electrons. The number of hydrogen-bond donors (Lipinski definition) is 4. The molecule has 22 heavy (non-hydrogen) atoms. The predicted octanol–water partition coefficient (Wildman–Crippen LogP) is 2.35. The van der Waals surface area contributed by atoms with Crippen LogP contribution >= 0.6 is 0 Å². The van der Waals surface area contributed by atoms with Crippen molar-refractivity contribution in [3.63, 3.8) is 0 Å². The van der Waals surface area contributed by atoms with E-state index in [1.54, 1.807) is 0 Å². The number of phenols is 2. The molecule has 0 amide bonds. The summed E-state index contributed by atoms with van der Waals surface area (Å²) in [5.74, 6) is -4.26. The molecule has 0 unspecified atom stereocenters. The summed E-state index contributed by atoms with van der Waals surface area (Å²) in [4.78, 5) is 21.9. The number of carboxylic acid groups (broad SMARTS) is 2. The van der Waals surface area contributed by atoms with Crippen LogP contribution in [0.2, 0.25) is 0 Å². The van der Waals surface area contributed by atoms with Crippen LogP contribution in [-0.2, 0) is 0 Å². The van der Waals surface area contributed by atoms with Gasteiger partial charge < -0.3 is 26.0 Å². The zero-order valence-electron chi connectivity index (χ0n) is 11.0. The number of nitrogens with zero attached hydrogens (tertiary/aromatic N) is 2.